The molecule has 1 aliphatic rings. The molecule has 0 aliphatic carbocycles. The van der Waals surface area contributed by atoms with Gasteiger partial charge in [0.2, 0.25) is 0 Å². The van der Waals surface area contributed by atoms with Crippen LogP contribution in [0.2, 0.25) is 0 Å². The van der Waals surface area contributed by atoms with E-state index in [1.54, 1.807) is 0 Å². The Bertz CT molecular complexity index is 365. The van der Waals surface area contributed by atoms with Crippen molar-refractivity contribution in [2.24, 2.45) is 0 Å². The number of anilines is 1. The Labute approximate surface area is 111 Å². The Morgan fingerprint density at radius 1 is 1.44 bits per heavy atom. The highest BCUT2D eigenvalue weighted by molar-refractivity contribution is 5.43. The molecule has 0 aromatic carbocycles. The van der Waals surface area contributed by atoms with Crippen LogP contribution in [-0.4, -0.2) is 29.0 Å². The van der Waals surface area contributed by atoms with Crippen LogP contribution >= 0.6 is 0 Å². The van der Waals surface area contributed by atoms with E-state index in [1.165, 1.54) is 31.4 Å². The molecule has 2 rings (SSSR count). The van der Waals surface area contributed by atoms with Crippen molar-refractivity contribution < 1.29 is 0 Å². The smallest absolute Gasteiger partial charge is 0.130 e. The molecule has 1 aromatic heterocycles. The summed E-state index contributed by atoms with van der Waals surface area (Å²) in [4.78, 5) is 7.08. The average molecular weight is 247 g/mol. The summed E-state index contributed by atoms with van der Waals surface area (Å²) in [5, 5.41) is 3.43. The molecule has 1 aromatic rings. The molecule has 1 aliphatic heterocycles. The molecule has 1 unspecified atom stereocenters. The van der Waals surface area contributed by atoms with Gasteiger partial charge in [-0.05, 0) is 38.3 Å². The summed E-state index contributed by atoms with van der Waals surface area (Å²) < 4.78 is 0. The van der Waals surface area contributed by atoms with Gasteiger partial charge in [-0.25, -0.2) is 4.98 Å². The fourth-order valence-corrected chi connectivity index (χ4v) is 2.75. The number of nitrogens with zero attached hydrogens (tertiary/aromatic N) is 2. The topological polar surface area (TPSA) is 28.2 Å². The fraction of sp³-hybridized carbons (Fsp3) is 0.667. The molecule has 1 atom stereocenters. The zero-order valence-electron chi connectivity index (χ0n) is 11.7. The number of nitrogens with one attached hydrogen (secondary N) is 1. The van der Waals surface area contributed by atoms with Gasteiger partial charge < -0.3 is 5.32 Å². The van der Waals surface area contributed by atoms with Gasteiger partial charge in [-0.15, -0.1) is 0 Å². The van der Waals surface area contributed by atoms with Crippen molar-refractivity contribution in [2.75, 3.05) is 18.4 Å². The summed E-state index contributed by atoms with van der Waals surface area (Å²) in [5.74, 6) is 1.07. The van der Waals surface area contributed by atoms with Gasteiger partial charge in [0.1, 0.15) is 5.82 Å². The van der Waals surface area contributed by atoms with Crippen molar-refractivity contribution >= 4 is 5.82 Å². The maximum atomic E-state index is 4.47. The van der Waals surface area contributed by atoms with Crippen molar-refractivity contribution in [3.8, 4) is 0 Å². The van der Waals surface area contributed by atoms with E-state index in [2.05, 4.69) is 35.1 Å². The van der Waals surface area contributed by atoms with E-state index in [9.17, 15) is 0 Å². The Morgan fingerprint density at radius 2 is 2.33 bits per heavy atom. The van der Waals surface area contributed by atoms with E-state index in [4.69, 9.17) is 0 Å². The van der Waals surface area contributed by atoms with Gasteiger partial charge in [-0.3, -0.25) is 4.90 Å². The van der Waals surface area contributed by atoms with E-state index in [1.807, 2.05) is 12.3 Å². The summed E-state index contributed by atoms with van der Waals surface area (Å²) in [6.45, 7) is 7.76. The second kappa shape index (κ2) is 6.74. The van der Waals surface area contributed by atoms with Crippen LogP contribution in [0, 0.1) is 0 Å². The molecule has 1 saturated heterocycles. The van der Waals surface area contributed by atoms with Gasteiger partial charge in [-0.2, -0.15) is 0 Å². The molecule has 18 heavy (non-hydrogen) atoms. The first-order valence-electron chi connectivity index (χ1n) is 7.27. The van der Waals surface area contributed by atoms with Gasteiger partial charge in [0.05, 0.1) is 0 Å². The Kier molecular flexibility index (Phi) is 5.00. The zero-order chi connectivity index (χ0) is 12.8. The van der Waals surface area contributed by atoms with E-state index < -0.39 is 0 Å². The fourth-order valence-electron chi connectivity index (χ4n) is 2.75. The highest BCUT2D eigenvalue weighted by Crippen LogP contribution is 2.24. The van der Waals surface area contributed by atoms with Crippen LogP contribution in [0.1, 0.15) is 45.1 Å². The van der Waals surface area contributed by atoms with Crippen LogP contribution in [0.25, 0.3) is 0 Å². The van der Waals surface area contributed by atoms with Crippen molar-refractivity contribution in [3.05, 3.63) is 23.9 Å². The van der Waals surface area contributed by atoms with Crippen LogP contribution in [0.15, 0.2) is 18.3 Å². The summed E-state index contributed by atoms with van der Waals surface area (Å²) in [7, 11) is 0. The molecule has 2 heterocycles. The first-order valence-corrected chi connectivity index (χ1v) is 7.27. The number of rotatable bonds is 6. The quantitative estimate of drug-likeness (QED) is 0.836. The molecule has 0 saturated carbocycles. The van der Waals surface area contributed by atoms with E-state index in [-0.39, 0.29) is 0 Å². The van der Waals surface area contributed by atoms with Crippen molar-refractivity contribution in [2.45, 2.75) is 52.1 Å². The molecular formula is C15H25N3. The largest absolute Gasteiger partial charge is 0.370 e. The average Bonchev–Trinajstić information content (AvgIpc) is 2.85. The lowest BCUT2D eigenvalue weighted by Crippen LogP contribution is -2.28. The number of pyridine rings is 1. The van der Waals surface area contributed by atoms with Crippen LogP contribution in [0.5, 0.6) is 0 Å². The van der Waals surface area contributed by atoms with Crippen molar-refractivity contribution in [1.82, 2.24) is 9.88 Å². The molecule has 0 radical (unpaired) electrons. The summed E-state index contributed by atoms with van der Waals surface area (Å²) in [5.41, 5.74) is 1.34. The summed E-state index contributed by atoms with van der Waals surface area (Å²) in [6.07, 6.45) is 6.98. The Morgan fingerprint density at radius 3 is 3.11 bits per heavy atom. The molecule has 3 heteroatoms. The molecule has 100 valence electrons. The van der Waals surface area contributed by atoms with Crippen LogP contribution < -0.4 is 5.32 Å². The highest BCUT2D eigenvalue weighted by atomic mass is 15.2. The van der Waals surface area contributed by atoms with E-state index >= 15 is 0 Å². The van der Waals surface area contributed by atoms with Crippen LogP contribution in [-0.2, 0) is 6.54 Å². The van der Waals surface area contributed by atoms with E-state index in [0.29, 0.717) is 0 Å². The summed E-state index contributed by atoms with van der Waals surface area (Å²) >= 11 is 0. The number of hydrogen-bond donors (Lipinski definition) is 1. The third-order valence-electron chi connectivity index (χ3n) is 3.78. The molecular weight excluding hydrogens is 222 g/mol. The lowest BCUT2D eigenvalue weighted by Gasteiger charge is -2.24. The standard InChI is InChI=1S/C15H25N3/c1-3-9-16-15-13(7-5-10-17-15)12-18-11-6-8-14(18)4-2/h5,7,10,14H,3-4,6,8-9,11-12H2,1-2H3,(H,16,17). The van der Waals surface area contributed by atoms with Crippen LogP contribution in [0.3, 0.4) is 0 Å². The lowest BCUT2D eigenvalue weighted by atomic mass is 10.1. The first kappa shape index (κ1) is 13.3. The van der Waals surface area contributed by atoms with Gasteiger partial charge in [0.25, 0.3) is 0 Å². The molecule has 3 nitrogen and oxygen atoms in total. The second-order valence-corrected chi connectivity index (χ2v) is 5.11. The SMILES string of the molecule is CCCNc1ncccc1CN1CCCC1CC. The van der Waals surface area contributed by atoms with Crippen molar-refractivity contribution in [1.29, 1.82) is 0 Å². The minimum atomic E-state index is 0.768. The predicted octanol–water partition coefficient (Wildman–Crippen LogP) is 3.28. The van der Waals surface area contributed by atoms with Crippen molar-refractivity contribution in [3.63, 3.8) is 0 Å². The predicted molar refractivity (Wildman–Crippen MR) is 76.7 cm³/mol. The van der Waals surface area contributed by atoms with Gasteiger partial charge >= 0.3 is 0 Å². The number of aromatic nitrogens is 1. The second-order valence-electron chi connectivity index (χ2n) is 5.11. The first-order chi connectivity index (χ1) is 8.85. The van der Waals surface area contributed by atoms with Gasteiger partial charge in [0.15, 0.2) is 0 Å². The molecule has 1 N–H and O–H groups in total. The minimum absolute atomic E-state index is 0.768. The molecule has 1 fully saturated rings. The maximum Gasteiger partial charge on any atom is 0.130 e. The highest BCUT2D eigenvalue weighted by Gasteiger charge is 2.23. The lowest BCUT2D eigenvalue weighted by molar-refractivity contribution is 0.240. The summed E-state index contributed by atoms with van der Waals surface area (Å²) in [6, 6.07) is 5.02. The third-order valence-corrected chi connectivity index (χ3v) is 3.78. The molecule has 0 amide bonds. The van der Waals surface area contributed by atoms with Crippen LogP contribution in [0.4, 0.5) is 5.82 Å². The maximum absolute atomic E-state index is 4.47. The number of likely N-dealkylation sites (tertiary alicyclic amines) is 1. The molecule has 0 spiro atoms. The van der Waals surface area contributed by atoms with Gasteiger partial charge in [-0.1, -0.05) is 19.9 Å². The zero-order valence-corrected chi connectivity index (χ0v) is 11.7. The minimum Gasteiger partial charge on any atom is -0.370 e. The third kappa shape index (κ3) is 3.22. The molecule has 0 bridgehead atoms. The monoisotopic (exact) mass is 247 g/mol. The normalized spacial score (nSPS) is 20.2. The Balaban J connectivity index is 2.03. The van der Waals surface area contributed by atoms with Gasteiger partial charge in [0, 0.05) is 30.9 Å². The Hall–Kier alpha value is -1.09. The van der Waals surface area contributed by atoms with E-state index in [0.717, 1.165) is 31.4 Å². The number of hydrogen-bond acceptors (Lipinski definition) is 3.